The van der Waals surface area contributed by atoms with Gasteiger partial charge in [-0.25, -0.2) is 0 Å². The first-order chi connectivity index (χ1) is 13.1. The van der Waals surface area contributed by atoms with E-state index in [-0.39, 0.29) is 12.3 Å². The molecule has 2 aromatic rings. The highest BCUT2D eigenvalue weighted by molar-refractivity contribution is 9.10. The Morgan fingerprint density at radius 1 is 1.11 bits per heavy atom. The van der Waals surface area contributed by atoms with E-state index in [1.165, 1.54) is 18.5 Å². The number of carbonyl (C=O) groups is 1. The molecule has 0 radical (unpaired) electrons. The van der Waals surface area contributed by atoms with Crippen LogP contribution in [0.4, 0.5) is 11.4 Å². The minimum absolute atomic E-state index is 0.0515. The van der Waals surface area contributed by atoms with Crippen molar-refractivity contribution in [1.82, 2.24) is 0 Å². The van der Waals surface area contributed by atoms with Gasteiger partial charge in [-0.1, -0.05) is 15.9 Å². The summed E-state index contributed by atoms with van der Waals surface area (Å²) in [5, 5.41) is 3.03. The average Bonchev–Trinajstić information content (AvgIpc) is 3.19. The summed E-state index contributed by atoms with van der Waals surface area (Å²) in [4.78, 5) is 15.0. The summed E-state index contributed by atoms with van der Waals surface area (Å²) in [6.07, 6.45) is 2.77. The van der Waals surface area contributed by atoms with E-state index in [2.05, 4.69) is 38.3 Å². The molecule has 0 atom stereocenters. The summed E-state index contributed by atoms with van der Waals surface area (Å²) < 4.78 is 12.0. The largest absolute Gasteiger partial charge is 0.486 e. The molecule has 1 amide bonds. The molecule has 5 nitrogen and oxygen atoms in total. The number of halogens is 1. The molecule has 1 fully saturated rings. The number of nitrogens with zero attached hydrogens (tertiary/aromatic N) is 1. The van der Waals surface area contributed by atoms with Crippen LogP contribution in [0.2, 0.25) is 0 Å². The Morgan fingerprint density at radius 3 is 2.52 bits per heavy atom. The van der Waals surface area contributed by atoms with Crippen LogP contribution in [0.3, 0.4) is 0 Å². The second kappa shape index (κ2) is 7.80. The first-order valence-corrected chi connectivity index (χ1v) is 10.1. The standard InChI is InChI=1S/C21H23BrN2O3/c1-14-10-16(24-6-2-3-7-24)4-5-18(14)23-21(25)12-15-11-19-20(13-17(15)22)27-9-8-26-19/h4-5,10-11,13H,2-3,6-9,12H2,1H3,(H,23,25). The Balaban J connectivity index is 1.45. The van der Waals surface area contributed by atoms with Crippen molar-refractivity contribution in [2.75, 3.05) is 36.5 Å². The third kappa shape index (κ3) is 4.05. The number of ether oxygens (including phenoxy) is 2. The van der Waals surface area contributed by atoms with Gasteiger partial charge in [0, 0.05) is 28.9 Å². The zero-order chi connectivity index (χ0) is 18.8. The number of anilines is 2. The smallest absolute Gasteiger partial charge is 0.228 e. The quantitative estimate of drug-likeness (QED) is 0.784. The molecular weight excluding hydrogens is 408 g/mol. The number of benzene rings is 2. The van der Waals surface area contributed by atoms with Gasteiger partial charge < -0.3 is 19.7 Å². The first-order valence-electron chi connectivity index (χ1n) is 9.33. The van der Waals surface area contributed by atoms with Crippen LogP contribution in [0, 0.1) is 6.92 Å². The summed E-state index contributed by atoms with van der Waals surface area (Å²) in [5.41, 5.74) is 4.05. The molecule has 0 saturated carbocycles. The lowest BCUT2D eigenvalue weighted by molar-refractivity contribution is -0.115. The highest BCUT2D eigenvalue weighted by Crippen LogP contribution is 2.36. The molecule has 2 heterocycles. The molecule has 2 aliphatic heterocycles. The molecule has 142 valence electrons. The Bertz CT molecular complexity index is 863. The lowest BCUT2D eigenvalue weighted by Crippen LogP contribution is -2.19. The second-order valence-electron chi connectivity index (χ2n) is 7.01. The van der Waals surface area contributed by atoms with Crippen molar-refractivity contribution in [3.05, 3.63) is 45.9 Å². The number of amides is 1. The third-order valence-electron chi connectivity index (χ3n) is 5.02. The van der Waals surface area contributed by atoms with Gasteiger partial charge in [-0.15, -0.1) is 0 Å². The minimum atomic E-state index is -0.0515. The van der Waals surface area contributed by atoms with E-state index in [0.29, 0.717) is 24.7 Å². The van der Waals surface area contributed by atoms with E-state index in [4.69, 9.17) is 9.47 Å². The summed E-state index contributed by atoms with van der Waals surface area (Å²) in [5.74, 6) is 1.36. The molecule has 0 unspecified atom stereocenters. The fourth-order valence-corrected chi connectivity index (χ4v) is 4.03. The summed E-state index contributed by atoms with van der Waals surface area (Å²) in [7, 11) is 0. The Kier molecular flexibility index (Phi) is 5.25. The molecular formula is C21H23BrN2O3. The molecule has 0 aliphatic carbocycles. The normalized spacial score (nSPS) is 15.7. The molecule has 2 aliphatic rings. The number of nitrogens with one attached hydrogen (secondary N) is 1. The third-order valence-corrected chi connectivity index (χ3v) is 5.76. The van der Waals surface area contributed by atoms with E-state index in [0.717, 1.165) is 34.4 Å². The van der Waals surface area contributed by atoms with Crippen LogP contribution in [0.1, 0.15) is 24.0 Å². The number of aryl methyl sites for hydroxylation is 1. The van der Waals surface area contributed by atoms with Gasteiger partial charge in [0.05, 0.1) is 6.42 Å². The van der Waals surface area contributed by atoms with Gasteiger partial charge >= 0.3 is 0 Å². The molecule has 4 rings (SSSR count). The maximum Gasteiger partial charge on any atom is 0.228 e. The summed E-state index contributed by atoms with van der Waals surface area (Å²) >= 11 is 3.53. The van der Waals surface area contributed by atoms with E-state index >= 15 is 0 Å². The highest BCUT2D eigenvalue weighted by atomic mass is 79.9. The predicted molar refractivity (Wildman–Crippen MR) is 110 cm³/mol. The zero-order valence-corrected chi connectivity index (χ0v) is 17.0. The van der Waals surface area contributed by atoms with Crippen LogP contribution in [-0.4, -0.2) is 32.2 Å². The number of hydrogen-bond acceptors (Lipinski definition) is 4. The summed E-state index contributed by atoms with van der Waals surface area (Å²) in [6, 6.07) is 9.99. The van der Waals surface area contributed by atoms with Gasteiger partial charge in [0.25, 0.3) is 0 Å². The average molecular weight is 431 g/mol. The van der Waals surface area contributed by atoms with Crippen molar-refractivity contribution < 1.29 is 14.3 Å². The van der Waals surface area contributed by atoms with Crippen LogP contribution >= 0.6 is 15.9 Å². The van der Waals surface area contributed by atoms with Crippen LogP contribution < -0.4 is 19.7 Å². The topological polar surface area (TPSA) is 50.8 Å². The van der Waals surface area contributed by atoms with Crippen LogP contribution in [0.5, 0.6) is 11.5 Å². The van der Waals surface area contributed by atoms with Crippen molar-refractivity contribution in [3.8, 4) is 11.5 Å². The molecule has 27 heavy (non-hydrogen) atoms. The van der Waals surface area contributed by atoms with Crippen molar-refractivity contribution >= 4 is 33.2 Å². The van der Waals surface area contributed by atoms with E-state index in [1.54, 1.807) is 0 Å². The van der Waals surface area contributed by atoms with Gasteiger partial charge in [-0.2, -0.15) is 0 Å². The van der Waals surface area contributed by atoms with Gasteiger partial charge in [0.2, 0.25) is 5.91 Å². The summed E-state index contributed by atoms with van der Waals surface area (Å²) in [6.45, 7) is 5.34. The Hall–Kier alpha value is -2.21. The lowest BCUT2D eigenvalue weighted by Gasteiger charge is -2.20. The lowest BCUT2D eigenvalue weighted by atomic mass is 10.1. The predicted octanol–water partition coefficient (Wildman–Crippen LogP) is 4.31. The van der Waals surface area contributed by atoms with Crippen molar-refractivity contribution in [3.63, 3.8) is 0 Å². The van der Waals surface area contributed by atoms with E-state index in [9.17, 15) is 4.79 Å². The van der Waals surface area contributed by atoms with Gasteiger partial charge in [0.1, 0.15) is 13.2 Å². The highest BCUT2D eigenvalue weighted by Gasteiger charge is 2.17. The molecule has 1 saturated heterocycles. The number of carbonyl (C=O) groups excluding carboxylic acids is 1. The second-order valence-corrected chi connectivity index (χ2v) is 7.86. The van der Waals surface area contributed by atoms with Crippen molar-refractivity contribution in [2.45, 2.75) is 26.2 Å². The molecule has 2 aromatic carbocycles. The molecule has 0 spiro atoms. The zero-order valence-electron chi connectivity index (χ0n) is 15.4. The fraction of sp³-hybridized carbons (Fsp3) is 0.381. The minimum Gasteiger partial charge on any atom is -0.486 e. The monoisotopic (exact) mass is 430 g/mol. The van der Waals surface area contributed by atoms with Crippen molar-refractivity contribution in [1.29, 1.82) is 0 Å². The first kappa shape index (κ1) is 18.2. The number of fused-ring (bicyclic) bond motifs is 1. The molecule has 0 bridgehead atoms. The maximum absolute atomic E-state index is 12.6. The maximum atomic E-state index is 12.6. The molecule has 6 heteroatoms. The Labute approximate surface area is 167 Å². The Morgan fingerprint density at radius 2 is 1.81 bits per heavy atom. The number of rotatable bonds is 4. The van der Waals surface area contributed by atoms with Gasteiger partial charge in [0.15, 0.2) is 11.5 Å². The molecule has 0 aromatic heterocycles. The van der Waals surface area contributed by atoms with Crippen LogP contribution in [0.15, 0.2) is 34.8 Å². The molecule has 1 N–H and O–H groups in total. The van der Waals surface area contributed by atoms with Crippen LogP contribution in [-0.2, 0) is 11.2 Å². The van der Waals surface area contributed by atoms with Crippen LogP contribution in [0.25, 0.3) is 0 Å². The number of hydrogen-bond donors (Lipinski definition) is 1. The fourth-order valence-electron chi connectivity index (χ4n) is 3.57. The van der Waals surface area contributed by atoms with Crippen molar-refractivity contribution in [2.24, 2.45) is 0 Å². The van der Waals surface area contributed by atoms with Gasteiger partial charge in [-0.3, -0.25) is 4.79 Å². The SMILES string of the molecule is Cc1cc(N2CCCC2)ccc1NC(=O)Cc1cc2c(cc1Br)OCCO2. The van der Waals surface area contributed by atoms with E-state index in [1.807, 2.05) is 25.1 Å². The van der Waals surface area contributed by atoms with E-state index < -0.39 is 0 Å². The van der Waals surface area contributed by atoms with Gasteiger partial charge in [-0.05, 0) is 61.2 Å².